The number of aliphatic imine (C=N–C) groups is 1. The highest BCUT2D eigenvalue weighted by Crippen LogP contribution is 2.08. The van der Waals surface area contributed by atoms with Gasteiger partial charge in [0.05, 0.1) is 0 Å². The quantitative estimate of drug-likeness (QED) is 0.251. The Bertz CT molecular complexity index is 486. The molecule has 0 saturated carbocycles. The van der Waals surface area contributed by atoms with Gasteiger partial charge in [-0.3, -0.25) is 9.89 Å². The molecule has 0 spiro atoms. The summed E-state index contributed by atoms with van der Waals surface area (Å²) in [6.45, 7) is 11.2. The molecule has 1 aromatic carbocycles. The van der Waals surface area contributed by atoms with Crippen molar-refractivity contribution in [1.82, 2.24) is 20.4 Å². The van der Waals surface area contributed by atoms with Crippen LogP contribution in [0.3, 0.4) is 0 Å². The maximum Gasteiger partial charge on any atom is 0.190 e. The zero-order chi connectivity index (χ0) is 17.7. The summed E-state index contributed by atoms with van der Waals surface area (Å²) in [5.41, 5.74) is 1.42. The molecule has 0 amide bonds. The van der Waals surface area contributed by atoms with E-state index < -0.39 is 0 Å². The van der Waals surface area contributed by atoms with Crippen LogP contribution in [0.15, 0.2) is 35.3 Å². The van der Waals surface area contributed by atoms with Crippen molar-refractivity contribution in [3.63, 3.8) is 0 Å². The molecule has 0 unspecified atom stereocenters. The second kappa shape index (κ2) is 14.2. The molecule has 5 nitrogen and oxygen atoms in total. The number of halogens is 1. The number of rotatable bonds is 9. The van der Waals surface area contributed by atoms with Gasteiger partial charge in [0.1, 0.15) is 0 Å². The molecule has 26 heavy (non-hydrogen) atoms. The zero-order valence-electron chi connectivity index (χ0n) is 16.4. The van der Waals surface area contributed by atoms with E-state index >= 15 is 0 Å². The molecule has 0 radical (unpaired) electrons. The molecule has 1 aliphatic rings. The largest absolute Gasteiger partial charge is 0.356 e. The second-order valence-electron chi connectivity index (χ2n) is 6.74. The fraction of sp³-hybridized carbons (Fsp3) is 0.650. The summed E-state index contributed by atoms with van der Waals surface area (Å²) in [7, 11) is 1.83. The monoisotopic (exact) mass is 473 g/mol. The van der Waals surface area contributed by atoms with Gasteiger partial charge in [-0.15, -0.1) is 24.0 Å². The summed E-state index contributed by atoms with van der Waals surface area (Å²) in [6, 6.07) is 10.8. The molecule has 2 rings (SSSR count). The molecule has 1 aliphatic heterocycles. The Morgan fingerprint density at radius 2 is 1.62 bits per heavy atom. The average Bonchev–Trinajstić information content (AvgIpc) is 2.66. The van der Waals surface area contributed by atoms with E-state index in [1.807, 2.05) is 7.05 Å². The standard InChI is InChI=1S/C20H35N5.HI/c1-3-11-22-20(21-2)23-12-7-8-13-24-14-16-25(17-15-24)18-19-9-5-4-6-10-19;/h4-6,9-10H,3,7-8,11-18H2,1-2H3,(H2,21,22,23);1H. The first kappa shape index (κ1) is 23.2. The number of hydrogen-bond acceptors (Lipinski definition) is 3. The van der Waals surface area contributed by atoms with Crippen molar-refractivity contribution in [3.05, 3.63) is 35.9 Å². The lowest BCUT2D eigenvalue weighted by Crippen LogP contribution is -2.46. The van der Waals surface area contributed by atoms with E-state index in [1.54, 1.807) is 0 Å². The van der Waals surface area contributed by atoms with Crippen LogP contribution in [-0.4, -0.2) is 68.6 Å². The first-order chi connectivity index (χ1) is 12.3. The molecular formula is C20H36IN5. The summed E-state index contributed by atoms with van der Waals surface area (Å²) in [4.78, 5) is 9.40. The highest BCUT2D eigenvalue weighted by atomic mass is 127. The molecule has 1 aromatic rings. The molecule has 148 valence electrons. The molecule has 0 aliphatic carbocycles. The first-order valence-electron chi connectivity index (χ1n) is 9.75. The summed E-state index contributed by atoms with van der Waals surface area (Å²) in [6.07, 6.45) is 3.56. The Balaban J connectivity index is 0.00000338. The number of nitrogens with zero attached hydrogens (tertiary/aromatic N) is 3. The maximum atomic E-state index is 4.23. The summed E-state index contributed by atoms with van der Waals surface area (Å²) < 4.78 is 0. The van der Waals surface area contributed by atoms with Gasteiger partial charge < -0.3 is 15.5 Å². The molecule has 2 N–H and O–H groups in total. The van der Waals surface area contributed by atoms with Crippen LogP contribution >= 0.6 is 24.0 Å². The van der Waals surface area contributed by atoms with Crippen LogP contribution < -0.4 is 10.6 Å². The molecular weight excluding hydrogens is 437 g/mol. The van der Waals surface area contributed by atoms with Gasteiger partial charge >= 0.3 is 0 Å². The topological polar surface area (TPSA) is 42.9 Å². The number of guanidine groups is 1. The van der Waals surface area contributed by atoms with Gasteiger partial charge in [-0.2, -0.15) is 0 Å². The van der Waals surface area contributed by atoms with Crippen molar-refractivity contribution in [2.75, 3.05) is 52.9 Å². The predicted molar refractivity (Wildman–Crippen MR) is 122 cm³/mol. The molecule has 0 atom stereocenters. The van der Waals surface area contributed by atoms with Crippen molar-refractivity contribution in [2.24, 2.45) is 4.99 Å². The van der Waals surface area contributed by atoms with Crippen molar-refractivity contribution in [2.45, 2.75) is 32.7 Å². The van der Waals surface area contributed by atoms with Crippen LogP contribution in [0.4, 0.5) is 0 Å². The second-order valence-corrected chi connectivity index (χ2v) is 6.74. The molecule has 1 fully saturated rings. The summed E-state index contributed by atoms with van der Waals surface area (Å²) in [5, 5.41) is 6.70. The van der Waals surface area contributed by atoms with Crippen LogP contribution in [0.25, 0.3) is 0 Å². The average molecular weight is 473 g/mol. The number of benzene rings is 1. The van der Waals surface area contributed by atoms with Gasteiger partial charge in [-0.25, -0.2) is 0 Å². The highest BCUT2D eigenvalue weighted by Gasteiger charge is 2.16. The van der Waals surface area contributed by atoms with E-state index in [1.165, 1.54) is 51.1 Å². The van der Waals surface area contributed by atoms with Gasteiger partial charge in [-0.1, -0.05) is 37.3 Å². The predicted octanol–water partition coefficient (Wildman–Crippen LogP) is 2.78. The number of unbranched alkanes of at least 4 members (excludes halogenated alkanes) is 1. The molecule has 0 aromatic heterocycles. The normalized spacial score (nSPS) is 16.2. The van der Waals surface area contributed by atoms with Crippen LogP contribution in [0, 0.1) is 0 Å². The summed E-state index contributed by atoms with van der Waals surface area (Å²) in [5.74, 6) is 0.927. The lowest BCUT2D eigenvalue weighted by Gasteiger charge is -2.34. The first-order valence-corrected chi connectivity index (χ1v) is 9.75. The van der Waals surface area contributed by atoms with Gasteiger partial charge in [0.25, 0.3) is 0 Å². The Morgan fingerprint density at radius 1 is 0.962 bits per heavy atom. The summed E-state index contributed by atoms with van der Waals surface area (Å²) >= 11 is 0. The third kappa shape index (κ3) is 9.19. The third-order valence-electron chi connectivity index (χ3n) is 4.67. The Hall–Kier alpha value is -0.860. The van der Waals surface area contributed by atoms with E-state index in [9.17, 15) is 0 Å². The minimum absolute atomic E-state index is 0. The fourth-order valence-corrected chi connectivity index (χ4v) is 3.14. The van der Waals surface area contributed by atoms with Crippen molar-refractivity contribution in [1.29, 1.82) is 0 Å². The Morgan fingerprint density at radius 3 is 2.27 bits per heavy atom. The lowest BCUT2D eigenvalue weighted by atomic mass is 10.2. The van der Waals surface area contributed by atoms with E-state index in [0.717, 1.165) is 32.0 Å². The van der Waals surface area contributed by atoms with E-state index in [-0.39, 0.29) is 24.0 Å². The van der Waals surface area contributed by atoms with Gasteiger partial charge in [0, 0.05) is 52.9 Å². The lowest BCUT2D eigenvalue weighted by molar-refractivity contribution is 0.126. The van der Waals surface area contributed by atoms with Crippen molar-refractivity contribution < 1.29 is 0 Å². The van der Waals surface area contributed by atoms with Gasteiger partial charge in [-0.05, 0) is 31.4 Å². The Kier molecular flexibility index (Phi) is 12.7. The minimum Gasteiger partial charge on any atom is -0.356 e. The van der Waals surface area contributed by atoms with Crippen LogP contribution in [0.5, 0.6) is 0 Å². The number of piperazine rings is 1. The fourth-order valence-electron chi connectivity index (χ4n) is 3.14. The smallest absolute Gasteiger partial charge is 0.190 e. The zero-order valence-corrected chi connectivity index (χ0v) is 18.7. The molecule has 0 bridgehead atoms. The van der Waals surface area contributed by atoms with Crippen LogP contribution in [0.2, 0.25) is 0 Å². The van der Waals surface area contributed by atoms with Crippen molar-refractivity contribution in [3.8, 4) is 0 Å². The van der Waals surface area contributed by atoms with Crippen LogP contribution in [0.1, 0.15) is 31.7 Å². The number of nitrogens with one attached hydrogen (secondary N) is 2. The molecule has 6 heteroatoms. The van der Waals surface area contributed by atoms with Gasteiger partial charge in [0.2, 0.25) is 0 Å². The SMILES string of the molecule is CCCNC(=NC)NCCCCN1CCN(Cc2ccccc2)CC1.I. The highest BCUT2D eigenvalue weighted by molar-refractivity contribution is 14.0. The third-order valence-corrected chi connectivity index (χ3v) is 4.67. The van der Waals surface area contributed by atoms with Crippen LogP contribution in [-0.2, 0) is 6.54 Å². The number of hydrogen-bond donors (Lipinski definition) is 2. The molecule has 1 heterocycles. The van der Waals surface area contributed by atoms with Gasteiger partial charge in [0.15, 0.2) is 5.96 Å². The molecule has 1 saturated heterocycles. The maximum absolute atomic E-state index is 4.23. The Labute approximate surface area is 176 Å². The van der Waals surface area contributed by atoms with E-state index in [0.29, 0.717) is 0 Å². The van der Waals surface area contributed by atoms with Crippen molar-refractivity contribution >= 4 is 29.9 Å². The van der Waals surface area contributed by atoms with E-state index in [2.05, 4.69) is 62.7 Å². The minimum atomic E-state index is 0. The van der Waals surface area contributed by atoms with E-state index in [4.69, 9.17) is 0 Å².